The van der Waals surface area contributed by atoms with E-state index in [0.29, 0.717) is 5.75 Å². The zero-order chi connectivity index (χ0) is 11.4. The molecule has 0 fully saturated rings. The summed E-state index contributed by atoms with van der Waals surface area (Å²) in [6.45, 7) is 3.80. The molecule has 0 atom stereocenters. The first-order valence-electron chi connectivity index (χ1n) is 5.09. The molecule has 1 nitrogen and oxygen atoms in total. The van der Waals surface area contributed by atoms with Gasteiger partial charge in [-0.1, -0.05) is 12.1 Å². The van der Waals surface area contributed by atoms with E-state index in [-0.39, 0.29) is 5.82 Å². The molecule has 2 aromatic carbocycles. The third-order valence-electron chi connectivity index (χ3n) is 2.26. The van der Waals surface area contributed by atoms with Crippen molar-refractivity contribution in [2.24, 2.45) is 0 Å². The summed E-state index contributed by atoms with van der Waals surface area (Å²) >= 11 is 0. The van der Waals surface area contributed by atoms with Crippen molar-refractivity contribution in [3.8, 4) is 11.5 Å². The molecule has 1 radical (unpaired) electrons. The highest BCUT2D eigenvalue weighted by atomic mass is 19.1. The second-order valence-corrected chi connectivity index (χ2v) is 3.45. The minimum atomic E-state index is -0.264. The summed E-state index contributed by atoms with van der Waals surface area (Å²) in [6, 6.07) is 13.6. The van der Waals surface area contributed by atoms with Crippen LogP contribution < -0.4 is 4.74 Å². The van der Waals surface area contributed by atoms with Crippen LogP contribution in [0.4, 0.5) is 4.39 Å². The van der Waals surface area contributed by atoms with Gasteiger partial charge in [0.05, 0.1) is 0 Å². The summed E-state index contributed by atoms with van der Waals surface area (Å²) in [4.78, 5) is 0. The Bertz CT molecular complexity index is 445. The van der Waals surface area contributed by atoms with Gasteiger partial charge in [-0.25, -0.2) is 4.39 Å². The molecule has 2 rings (SSSR count). The Balaban J connectivity index is 2.11. The number of hydrogen-bond donors (Lipinski definition) is 0. The molecule has 0 bridgehead atoms. The summed E-state index contributed by atoms with van der Waals surface area (Å²) in [6.07, 6.45) is 0.761. The van der Waals surface area contributed by atoms with E-state index in [1.165, 1.54) is 12.1 Å². The van der Waals surface area contributed by atoms with Crippen LogP contribution in [0.3, 0.4) is 0 Å². The smallest absolute Gasteiger partial charge is 0.127 e. The lowest BCUT2D eigenvalue weighted by atomic mass is 10.2. The fourth-order valence-corrected chi connectivity index (χ4v) is 1.36. The lowest BCUT2D eigenvalue weighted by Crippen LogP contribution is -1.85. The van der Waals surface area contributed by atoms with Crippen molar-refractivity contribution in [2.75, 3.05) is 0 Å². The number of rotatable bonds is 3. The second-order valence-electron chi connectivity index (χ2n) is 3.45. The van der Waals surface area contributed by atoms with Crippen molar-refractivity contribution in [3.63, 3.8) is 0 Å². The van der Waals surface area contributed by atoms with Gasteiger partial charge in [0.25, 0.3) is 0 Å². The molecule has 0 aromatic heterocycles. The third kappa shape index (κ3) is 2.60. The standard InChI is InChI=1S/C14H12FO/c1-2-11-3-7-13(8-4-11)16-14-9-5-12(15)6-10-14/h3-10H,1-2H2. The van der Waals surface area contributed by atoms with Crippen molar-refractivity contribution < 1.29 is 9.13 Å². The maximum atomic E-state index is 12.7. The Labute approximate surface area is 94.5 Å². The highest BCUT2D eigenvalue weighted by molar-refractivity contribution is 5.33. The zero-order valence-electron chi connectivity index (χ0n) is 8.82. The zero-order valence-corrected chi connectivity index (χ0v) is 8.82. The average Bonchev–Trinajstić information content (AvgIpc) is 2.33. The van der Waals surface area contributed by atoms with Gasteiger partial charge in [-0.05, 0) is 55.3 Å². The van der Waals surface area contributed by atoms with Gasteiger partial charge in [0.15, 0.2) is 0 Å². The lowest BCUT2D eigenvalue weighted by molar-refractivity contribution is 0.480. The number of halogens is 1. The van der Waals surface area contributed by atoms with Crippen LogP contribution in [0, 0.1) is 12.7 Å². The fraction of sp³-hybridized carbons (Fsp3) is 0.0714. The molecular formula is C14H12FO. The molecule has 2 aromatic rings. The summed E-state index contributed by atoms with van der Waals surface area (Å²) < 4.78 is 18.2. The molecule has 0 heterocycles. The second kappa shape index (κ2) is 4.79. The van der Waals surface area contributed by atoms with Crippen LogP contribution in [0.25, 0.3) is 0 Å². The van der Waals surface area contributed by atoms with Crippen molar-refractivity contribution in [2.45, 2.75) is 6.42 Å². The Morgan fingerprint density at radius 3 is 1.88 bits per heavy atom. The highest BCUT2D eigenvalue weighted by Gasteiger charge is 1.97. The molecular weight excluding hydrogens is 203 g/mol. The Morgan fingerprint density at radius 1 is 0.875 bits per heavy atom. The maximum absolute atomic E-state index is 12.7. The van der Waals surface area contributed by atoms with E-state index >= 15 is 0 Å². The summed E-state index contributed by atoms with van der Waals surface area (Å²) in [5.41, 5.74) is 1.16. The largest absolute Gasteiger partial charge is 0.457 e. The van der Waals surface area contributed by atoms with Crippen LogP contribution in [-0.2, 0) is 6.42 Å². The van der Waals surface area contributed by atoms with Crippen molar-refractivity contribution in [1.82, 2.24) is 0 Å². The molecule has 0 spiro atoms. The minimum absolute atomic E-state index is 0.264. The van der Waals surface area contributed by atoms with Gasteiger partial charge < -0.3 is 4.74 Å². The van der Waals surface area contributed by atoms with Gasteiger partial charge in [-0.3, -0.25) is 0 Å². The molecule has 0 unspecified atom stereocenters. The van der Waals surface area contributed by atoms with E-state index in [2.05, 4.69) is 6.92 Å². The molecule has 0 saturated heterocycles. The van der Waals surface area contributed by atoms with Crippen molar-refractivity contribution >= 4 is 0 Å². The van der Waals surface area contributed by atoms with Crippen LogP contribution in [0.1, 0.15) is 5.56 Å². The van der Waals surface area contributed by atoms with Gasteiger partial charge in [0.2, 0.25) is 0 Å². The van der Waals surface area contributed by atoms with Crippen molar-refractivity contribution in [3.05, 3.63) is 66.8 Å². The monoisotopic (exact) mass is 215 g/mol. The van der Waals surface area contributed by atoms with E-state index in [0.717, 1.165) is 17.7 Å². The molecule has 0 N–H and O–H groups in total. The third-order valence-corrected chi connectivity index (χ3v) is 2.26. The first kappa shape index (κ1) is 10.7. The van der Waals surface area contributed by atoms with Crippen molar-refractivity contribution in [1.29, 1.82) is 0 Å². The quantitative estimate of drug-likeness (QED) is 0.752. The average molecular weight is 215 g/mol. The molecule has 0 aliphatic carbocycles. The SMILES string of the molecule is [CH2]Cc1ccc(Oc2ccc(F)cc2)cc1. The fourth-order valence-electron chi connectivity index (χ4n) is 1.36. The van der Waals surface area contributed by atoms with Gasteiger partial charge in [-0.2, -0.15) is 0 Å². The predicted octanol–water partition coefficient (Wildman–Crippen LogP) is 3.99. The molecule has 16 heavy (non-hydrogen) atoms. The van der Waals surface area contributed by atoms with Gasteiger partial charge in [0, 0.05) is 0 Å². The molecule has 0 saturated carbocycles. The van der Waals surface area contributed by atoms with Gasteiger partial charge >= 0.3 is 0 Å². The van der Waals surface area contributed by atoms with E-state index in [1.807, 2.05) is 24.3 Å². The highest BCUT2D eigenvalue weighted by Crippen LogP contribution is 2.21. The number of benzene rings is 2. The van der Waals surface area contributed by atoms with E-state index in [4.69, 9.17) is 4.74 Å². The summed E-state index contributed by atoms with van der Waals surface area (Å²) in [5.74, 6) is 1.10. The Kier molecular flexibility index (Phi) is 3.20. The first-order chi connectivity index (χ1) is 7.78. The minimum Gasteiger partial charge on any atom is -0.457 e. The molecule has 81 valence electrons. The van der Waals surface area contributed by atoms with E-state index in [9.17, 15) is 4.39 Å². The predicted molar refractivity (Wildman–Crippen MR) is 62.0 cm³/mol. The normalized spacial score (nSPS) is 10.1. The number of hydrogen-bond acceptors (Lipinski definition) is 1. The Morgan fingerprint density at radius 2 is 1.38 bits per heavy atom. The topological polar surface area (TPSA) is 9.23 Å². The van der Waals surface area contributed by atoms with Gasteiger partial charge in [-0.15, -0.1) is 0 Å². The molecule has 0 aliphatic rings. The number of ether oxygens (including phenoxy) is 1. The van der Waals surface area contributed by atoms with Gasteiger partial charge in [0.1, 0.15) is 17.3 Å². The van der Waals surface area contributed by atoms with Crippen LogP contribution in [0.15, 0.2) is 48.5 Å². The maximum Gasteiger partial charge on any atom is 0.127 e. The van der Waals surface area contributed by atoms with E-state index in [1.54, 1.807) is 12.1 Å². The molecule has 0 aliphatic heterocycles. The van der Waals surface area contributed by atoms with Crippen LogP contribution in [-0.4, -0.2) is 0 Å². The van der Waals surface area contributed by atoms with Crippen LogP contribution in [0.2, 0.25) is 0 Å². The molecule has 2 heteroatoms. The first-order valence-corrected chi connectivity index (χ1v) is 5.09. The summed E-state index contributed by atoms with van der Waals surface area (Å²) in [7, 11) is 0. The Hall–Kier alpha value is -1.83. The van der Waals surface area contributed by atoms with Crippen LogP contribution >= 0.6 is 0 Å². The molecule has 0 amide bonds. The van der Waals surface area contributed by atoms with E-state index < -0.39 is 0 Å². The summed E-state index contributed by atoms with van der Waals surface area (Å²) in [5, 5.41) is 0. The lowest BCUT2D eigenvalue weighted by Gasteiger charge is -2.05. The van der Waals surface area contributed by atoms with Crippen LogP contribution in [0.5, 0.6) is 11.5 Å².